The molecule has 3 atom stereocenters. The van der Waals surface area contributed by atoms with E-state index in [4.69, 9.17) is 4.74 Å². The average Bonchev–Trinajstić information content (AvgIpc) is 3.09. The third-order valence-corrected chi connectivity index (χ3v) is 6.50. The summed E-state index contributed by atoms with van der Waals surface area (Å²) in [5, 5.41) is 0. The van der Waals surface area contributed by atoms with Crippen LogP contribution in [0.15, 0.2) is 24.3 Å². The standard InChI is InChI=1S/C22H34N2O/c1-18-6-8-19(9-7-18)14-24-15-20-21(16-24)22(20)17-25-13-5-12-23-10-3-2-4-11-23/h6-9,20-22H,2-5,10-17H2,1H3/t20-,21+,22?. The maximum absolute atomic E-state index is 6.01. The average molecular weight is 343 g/mol. The Kier molecular flexibility index (Phi) is 5.74. The number of piperidine rings is 2. The third-order valence-electron chi connectivity index (χ3n) is 6.50. The first kappa shape index (κ1) is 17.5. The minimum Gasteiger partial charge on any atom is -0.381 e. The largest absolute Gasteiger partial charge is 0.381 e. The van der Waals surface area contributed by atoms with Gasteiger partial charge in [0.25, 0.3) is 0 Å². The number of likely N-dealkylation sites (tertiary alicyclic amines) is 2. The van der Waals surface area contributed by atoms with Crippen LogP contribution in [-0.4, -0.2) is 55.7 Å². The number of hydrogen-bond donors (Lipinski definition) is 0. The van der Waals surface area contributed by atoms with E-state index in [1.807, 2.05) is 0 Å². The van der Waals surface area contributed by atoms with Gasteiger partial charge in [0.05, 0.1) is 6.61 Å². The molecule has 0 radical (unpaired) electrons. The summed E-state index contributed by atoms with van der Waals surface area (Å²) in [6, 6.07) is 9.02. The molecule has 0 aromatic heterocycles. The lowest BCUT2D eigenvalue weighted by atomic mass is 10.1. The van der Waals surface area contributed by atoms with Gasteiger partial charge >= 0.3 is 0 Å². The van der Waals surface area contributed by atoms with Crippen LogP contribution in [0.2, 0.25) is 0 Å². The Labute approximate surface area is 153 Å². The van der Waals surface area contributed by atoms with E-state index < -0.39 is 0 Å². The molecule has 1 aromatic rings. The molecular formula is C22H34N2O. The topological polar surface area (TPSA) is 15.7 Å². The fraction of sp³-hybridized carbons (Fsp3) is 0.727. The van der Waals surface area contributed by atoms with Crippen molar-refractivity contribution in [2.45, 2.75) is 39.2 Å². The van der Waals surface area contributed by atoms with Crippen LogP contribution < -0.4 is 0 Å². The van der Waals surface area contributed by atoms with Crippen LogP contribution >= 0.6 is 0 Å². The summed E-state index contributed by atoms with van der Waals surface area (Å²) in [7, 11) is 0. The molecule has 1 aliphatic carbocycles. The predicted octanol–water partition coefficient (Wildman–Crippen LogP) is 3.57. The summed E-state index contributed by atoms with van der Waals surface area (Å²) in [5.41, 5.74) is 2.81. The quantitative estimate of drug-likeness (QED) is 0.672. The van der Waals surface area contributed by atoms with Crippen LogP contribution in [0.5, 0.6) is 0 Å². The number of hydrogen-bond acceptors (Lipinski definition) is 3. The lowest BCUT2D eigenvalue weighted by Crippen LogP contribution is -2.31. The molecule has 2 saturated heterocycles. The molecule has 3 nitrogen and oxygen atoms in total. The number of rotatable bonds is 8. The van der Waals surface area contributed by atoms with E-state index in [1.165, 1.54) is 69.5 Å². The molecule has 2 heterocycles. The smallest absolute Gasteiger partial charge is 0.0500 e. The van der Waals surface area contributed by atoms with E-state index >= 15 is 0 Å². The molecule has 1 saturated carbocycles. The van der Waals surface area contributed by atoms with Gasteiger partial charge in [0.2, 0.25) is 0 Å². The first-order valence-electron chi connectivity index (χ1n) is 10.4. The van der Waals surface area contributed by atoms with E-state index in [-0.39, 0.29) is 0 Å². The SMILES string of the molecule is Cc1ccc(CN2C[C@@H]3C(COCCCN4CCCCC4)[C@@H]3C2)cc1. The van der Waals surface area contributed by atoms with Gasteiger partial charge in [-0.2, -0.15) is 0 Å². The summed E-state index contributed by atoms with van der Waals surface area (Å²) in [6.45, 7) is 11.7. The fourth-order valence-corrected chi connectivity index (χ4v) is 4.86. The van der Waals surface area contributed by atoms with Gasteiger partial charge < -0.3 is 9.64 Å². The highest BCUT2D eigenvalue weighted by molar-refractivity contribution is 5.21. The van der Waals surface area contributed by atoms with Crippen LogP contribution in [0.1, 0.15) is 36.8 Å². The van der Waals surface area contributed by atoms with Crippen molar-refractivity contribution in [1.82, 2.24) is 9.80 Å². The van der Waals surface area contributed by atoms with Crippen molar-refractivity contribution < 1.29 is 4.74 Å². The van der Waals surface area contributed by atoms with Crippen LogP contribution in [0.3, 0.4) is 0 Å². The zero-order chi connectivity index (χ0) is 17.1. The molecule has 0 amide bonds. The Morgan fingerprint density at radius 1 is 0.960 bits per heavy atom. The number of fused-ring (bicyclic) bond motifs is 1. The van der Waals surface area contributed by atoms with E-state index in [0.717, 1.165) is 37.5 Å². The lowest BCUT2D eigenvalue weighted by molar-refractivity contribution is 0.0967. The van der Waals surface area contributed by atoms with Gasteiger partial charge in [-0.1, -0.05) is 36.2 Å². The summed E-state index contributed by atoms with van der Waals surface area (Å²) in [5.74, 6) is 2.67. The second-order valence-corrected chi connectivity index (χ2v) is 8.50. The summed E-state index contributed by atoms with van der Waals surface area (Å²) in [6.07, 6.45) is 5.43. The predicted molar refractivity (Wildman–Crippen MR) is 103 cm³/mol. The Morgan fingerprint density at radius 2 is 1.68 bits per heavy atom. The molecule has 1 unspecified atom stereocenters. The van der Waals surface area contributed by atoms with Gasteiger partial charge in [-0.3, -0.25) is 4.90 Å². The Hall–Kier alpha value is -0.900. The Bertz CT molecular complexity index is 525. The zero-order valence-electron chi connectivity index (χ0n) is 15.8. The van der Waals surface area contributed by atoms with Crippen molar-refractivity contribution in [2.24, 2.45) is 17.8 Å². The fourth-order valence-electron chi connectivity index (χ4n) is 4.86. The van der Waals surface area contributed by atoms with Crippen molar-refractivity contribution >= 4 is 0 Å². The molecule has 0 bridgehead atoms. The van der Waals surface area contributed by atoms with Crippen LogP contribution in [0.25, 0.3) is 0 Å². The molecular weight excluding hydrogens is 308 g/mol. The number of ether oxygens (including phenoxy) is 1. The number of nitrogens with zero attached hydrogens (tertiary/aromatic N) is 2. The molecule has 0 N–H and O–H groups in total. The van der Waals surface area contributed by atoms with E-state index in [9.17, 15) is 0 Å². The molecule has 3 heteroatoms. The number of benzene rings is 1. The zero-order valence-corrected chi connectivity index (χ0v) is 15.8. The molecule has 3 fully saturated rings. The first-order chi connectivity index (χ1) is 12.3. The highest BCUT2D eigenvalue weighted by Gasteiger charge is 2.55. The van der Waals surface area contributed by atoms with Gasteiger partial charge in [0.15, 0.2) is 0 Å². The molecule has 1 aromatic carbocycles. The Balaban J connectivity index is 1.07. The van der Waals surface area contributed by atoms with Gasteiger partial charge in [0.1, 0.15) is 0 Å². The maximum atomic E-state index is 6.01. The monoisotopic (exact) mass is 342 g/mol. The second-order valence-electron chi connectivity index (χ2n) is 8.50. The van der Waals surface area contributed by atoms with Crippen molar-refractivity contribution in [3.63, 3.8) is 0 Å². The Morgan fingerprint density at radius 3 is 2.40 bits per heavy atom. The van der Waals surface area contributed by atoms with Gasteiger partial charge in [0, 0.05) is 32.8 Å². The van der Waals surface area contributed by atoms with Crippen molar-refractivity contribution in [2.75, 3.05) is 45.9 Å². The van der Waals surface area contributed by atoms with E-state index in [2.05, 4.69) is 41.0 Å². The van der Waals surface area contributed by atoms with Gasteiger partial charge in [-0.25, -0.2) is 0 Å². The summed E-state index contributed by atoms with van der Waals surface area (Å²) < 4.78 is 6.01. The highest BCUT2D eigenvalue weighted by atomic mass is 16.5. The normalized spacial score (nSPS) is 29.7. The van der Waals surface area contributed by atoms with Crippen molar-refractivity contribution in [3.8, 4) is 0 Å². The second kappa shape index (κ2) is 8.20. The highest BCUT2D eigenvalue weighted by Crippen LogP contribution is 2.51. The minimum atomic E-state index is 0.851. The van der Waals surface area contributed by atoms with Crippen LogP contribution in [0.4, 0.5) is 0 Å². The van der Waals surface area contributed by atoms with Crippen molar-refractivity contribution in [1.29, 1.82) is 0 Å². The van der Waals surface area contributed by atoms with Crippen LogP contribution in [0, 0.1) is 24.7 Å². The molecule has 138 valence electrons. The van der Waals surface area contributed by atoms with Gasteiger partial charge in [-0.15, -0.1) is 0 Å². The van der Waals surface area contributed by atoms with Crippen molar-refractivity contribution in [3.05, 3.63) is 35.4 Å². The molecule has 2 aliphatic heterocycles. The van der Waals surface area contributed by atoms with Crippen LogP contribution in [-0.2, 0) is 11.3 Å². The number of aryl methyl sites for hydroxylation is 1. The molecule has 0 spiro atoms. The summed E-state index contributed by atoms with van der Waals surface area (Å²) >= 11 is 0. The molecule has 3 aliphatic rings. The van der Waals surface area contributed by atoms with Gasteiger partial charge in [-0.05, 0) is 62.6 Å². The molecule has 4 rings (SSSR count). The maximum Gasteiger partial charge on any atom is 0.0500 e. The summed E-state index contributed by atoms with van der Waals surface area (Å²) in [4.78, 5) is 5.24. The minimum absolute atomic E-state index is 0.851. The lowest BCUT2D eigenvalue weighted by Gasteiger charge is -2.26. The third kappa shape index (κ3) is 4.64. The molecule has 25 heavy (non-hydrogen) atoms. The first-order valence-corrected chi connectivity index (χ1v) is 10.4. The van der Waals surface area contributed by atoms with E-state index in [0.29, 0.717) is 0 Å². The van der Waals surface area contributed by atoms with E-state index in [1.54, 1.807) is 0 Å².